The van der Waals surface area contributed by atoms with Gasteiger partial charge in [0, 0.05) is 12.6 Å². The van der Waals surface area contributed by atoms with Gasteiger partial charge in [-0.25, -0.2) is 9.59 Å². The summed E-state index contributed by atoms with van der Waals surface area (Å²) >= 11 is 0. The number of nitrogens with one attached hydrogen (secondary N) is 4. The van der Waals surface area contributed by atoms with Gasteiger partial charge in [-0.1, -0.05) is 81.5 Å². The van der Waals surface area contributed by atoms with Crippen LogP contribution in [0.4, 0.5) is 9.59 Å². The molecule has 1 aliphatic rings. The average molecular weight is 573 g/mol. The van der Waals surface area contributed by atoms with Crippen molar-refractivity contribution in [1.82, 2.24) is 21.3 Å². The zero-order valence-corrected chi connectivity index (χ0v) is 27.3. The first-order valence-electron chi connectivity index (χ1n) is 15.0. The number of benzene rings is 2. The highest BCUT2D eigenvalue weighted by molar-refractivity contribution is 5.76. The molecule has 2 aromatic rings. The van der Waals surface area contributed by atoms with Crippen molar-refractivity contribution in [3.05, 3.63) is 83.9 Å². The Labute approximate surface area is 253 Å². The summed E-state index contributed by atoms with van der Waals surface area (Å²) in [5.41, 5.74) is 4.87. The fraction of sp³-hybridized carbons (Fsp3) is 0.500. The van der Waals surface area contributed by atoms with E-state index in [-0.39, 0.29) is 28.9 Å². The van der Waals surface area contributed by atoms with Gasteiger partial charge in [0.1, 0.15) is 0 Å². The van der Waals surface area contributed by atoms with Crippen molar-refractivity contribution in [3.63, 3.8) is 0 Å². The minimum absolute atomic E-state index is 0.0106. The van der Waals surface area contributed by atoms with Crippen molar-refractivity contribution in [2.45, 2.75) is 98.7 Å². The Hall–Kier alpha value is -3.54. The molecule has 0 aromatic heterocycles. The molecule has 1 saturated carbocycles. The third-order valence-electron chi connectivity index (χ3n) is 8.46. The number of urea groups is 2. The fourth-order valence-corrected chi connectivity index (χ4v) is 6.49. The smallest absolute Gasteiger partial charge is 0.315 e. The van der Waals surface area contributed by atoms with Gasteiger partial charge in [0.2, 0.25) is 0 Å². The quantitative estimate of drug-likeness (QED) is 0.245. The van der Waals surface area contributed by atoms with Gasteiger partial charge in [0.05, 0.1) is 11.1 Å². The zero-order valence-electron chi connectivity index (χ0n) is 27.3. The van der Waals surface area contributed by atoms with Crippen molar-refractivity contribution < 1.29 is 9.59 Å². The Morgan fingerprint density at radius 2 is 1.29 bits per heavy atom. The summed E-state index contributed by atoms with van der Waals surface area (Å²) in [4.78, 5) is 26.3. The van der Waals surface area contributed by atoms with E-state index in [9.17, 15) is 9.59 Å². The Morgan fingerprint density at radius 3 is 1.76 bits per heavy atom. The molecule has 0 spiro atoms. The van der Waals surface area contributed by atoms with Gasteiger partial charge in [0.15, 0.2) is 0 Å². The summed E-state index contributed by atoms with van der Waals surface area (Å²) in [5.74, 6) is 0. The molecule has 2 atom stereocenters. The van der Waals surface area contributed by atoms with Crippen LogP contribution < -0.4 is 21.3 Å². The molecule has 2 aromatic carbocycles. The van der Waals surface area contributed by atoms with Gasteiger partial charge in [-0.3, -0.25) is 0 Å². The van der Waals surface area contributed by atoms with Crippen molar-refractivity contribution in [1.29, 1.82) is 0 Å². The van der Waals surface area contributed by atoms with Crippen LogP contribution in [0.15, 0.2) is 61.7 Å². The minimum Gasteiger partial charge on any atom is -0.338 e. The van der Waals surface area contributed by atoms with Gasteiger partial charge in [-0.15, -0.1) is 0 Å². The van der Waals surface area contributed by atoms with Crippen LogP contribution in [0, 0.1) is 10.8 Å². The van der Waals surface area contributed by atoms with E-state index in [0.29, 0.717) is 6.54 Å². The summed E-state index contributed by atoms with van der Waals surface area (Å²) in [7, 11) is 0. The maximum Gasteiger partial charge on any atom is 0.315 e. The van der Waals surface area contributed by atoms with E-state index in [0.717, 1.165) is 52.7 Å². The molecule has 0 heterocycles. The molecule has 228 valence electrons. The normalized spacial score (nSPS) is 20.3. The van der Waals surface area contributed by atoms with E-state index < -0.39 is 11.1 Å². The number of carbonyl (C=O) groups excluding carboxylic acids is 2. The van der Waals surface area contributed by atoms with Gasteiger partial charge in [-0.05, 0) is 106 Å². The second kappa shape index (κ2) is 12.4. The second-order valence-corrected chi connectivity index (χ2v) is 14.6. The van der Waals surface area contributed by atoms with Gasteiger partial charge in [0.25, 0.3) is 0 Å². The van der Waals surface area contributed by atoms with E-state index >= 15 is 0 Å². The first kappa shape index (κ1) is 33.0. The predicted molar refractivity (Wildman–Crippen MR) is 176 cm³/mol. The standard InChI is InChI=1S/C36H52N4O2/c1-24(2)26-14-12-16-28(18-26)34(7,8)39-31(41)37-23-36(11)21-30(20-33(5,6)22-36)38-32(42)40-35(9,10)29-17-13-15-27(19-29)25(3)4/h12-19,30H,1,3,20-23H2,2,4-11H3,(H2,37,39,41)(H2,38,40,42)/t30-,36-/m1/s1. The van der Waals surface area contributed by atoms with E-state index in [1.807, 2.05) is 77.9 Å². The van der Waals surface area contributed by atoms with Crippen molar-refractivity contribution >= 4 is 23.2 Å². The summed E-state index contributed by atoms with van der Waals surface area (Å²) in [6, 6.07) is 15.9. The van der Waals surface area contributed by atoms with Crippen LogP contribution in [0.3, 0.4) is 0 Å². The van der Waals surface area contributed by atoms with Gasteiger partial charge >= 0.3 is 12.1 Å². The molecule has 6 heteroatoms. The monoisotopic (exact) mass is 572 g/mol. The molecule has 0 radical (unpaired) electrons. The molecular weight excluding hydrogens is 520 g/mol. The van der Waals surface area contributed by atoms with E-state index in [2.05, 4.69) is 67.3 Å². The van der Waals surface area contributed by atoms with Gasteiger partial charge in [-0.2, -0.15) is 0 Å². The number of allylic oxidation sites excluding steroid dienone is 2. The predicted octanol–water partition coefficient (Wildman–Crippen LogP) is 8.11. The lowest BCUT2D eigenvalue weighted by atomic mass is 9.62. The molecule has 1 aliphatic carbocycles. The SMILES string of the molecule is C=C(C)c1cccc(C(C)(C)NC(=O)NC[C@]2(C)C[C@H](NC(=O)NC(C)(C)c3cccc(C(=C)C)c3)CC(C)(C)C2)c1. The Morgan fingerprint density at radius 1 is 0.810 bits per heavy atom. The molecular formula is C36H52N4O2. The van der Waals surface area contributed by atoms with Crippen LogP contribution in [0.5, 0.6) is 0 Å². The number of hydrogen-bond donors (Lipinski definition) is 4. The molecule has 42 heavy (non-hydrogen) atoms. The van der Waals surface area contributed by atoms with Crippen LogP contribution in [0.1, 0.15) is 104 Å². The van der Waals surface area contributed by atoms with Gasteiger partial charge < -0.3 is 21.3 Å². The Bertz CT molecular complexity index is 1340. The van der Waals surface area contributed by atoms with Crippen LogP contribution in [0.25, 0.3) is 11.1 Å². The molecule has 4 N–H and O–H groups in total. The summed E-state index contributed by atoms with van der Waals surface area (Å²) in [6.07, 6.45) is 2.60. The highest BCUT2D eigenvalue weighted by Gasteiger charge is 2.42. The maximum absolute atomic E-state index is 13.2. The van der Waals surface area contributed by atoms with Crippen LogP contribution in [-0.4, -0.2) is 24.6 Å². The molecule has 3 rings (SSSR count). The molecule has 0 bridgehead atoms. The second-order valence-electron chi connectivity index (χ2n) is 14.6. The van der Waals surface area contributed by atoms with E-state index in [1.165, 1.54) is 0 Å². The zero-order chi connectivity index (χ0) is 31.5. The van der Waals surface area contributed by atoms with Crippen LogP contribution in [0.2, 0.25) is 0 Å². The maximum atomic E-state index is 13.2. The molecule has 1 fully saturated rings. The molecule has 0 aliphatic heterocycles. The first-order chi connectivity index (χ1) is 19.3. The Kier molecular flexibility index (Phi) is 9.71. The molecule has 4 amide bonds. The lowest BCUT2D eigenvalue weighted by molar-refractivity contribution is 0.0742. The highest BCUT2D eigenvalue weighted by Crippen LogP contribution is 2.45. The highest BCUT2D eigenvalue weighted by atomic mass is 16.2. The minimum atomic E-state index is -0.556. The number of rotatable bonds is 9. The number of hydrogen-bond acceptors (Lipinski definition) is 2. The van der Waals surface area contributed by atoms with Crippen LogP contribution in [-0.2, 0) is 11.1 Å². The number of carbonyl (C=O) groups is 2. The molecule has 6 nitrogen and oxygen atoms in total. The first-order valence-corrected chi connectivity index (χ1v) is 15.0. The Balaban J connectivity index is 1.62. The lowest BCUT2D eigenvalue weighted by Crippen LogP contribution is -2.55. The van der Waals surface area contributed by atoms with Crippen molar-refractivity contribution in [2.24, 2.45) is 10.8 Å². The number of amides is 4. The van der Waals surface area contributed by atoms with Crippen molar-refractivity contribution in [2.75, 3.05) is 6.54 Å². The van der Waals surface area contributed by atoms with Crippen LogP contribution >= 0.6 is 0 Å². The lowest BCUT2D eigenvalue weighted by Gasteiger charge is -2.47. The summed E-state index contributed by atoms with van der Waals surface area (Å²) in [5, 5.41) is 12.7. The summed E-state index contributed by atoms with van der Waals surface area (Å²) < 4.78 is 0. The van der Waals surface area contributed by atoms with Crippen molar-refractivity contribution in [3.8, 4) is 0 Å². The van der Waals surface area contributed by atoms with E-state index in [1.54, 1.807) is 0 Å². The summed E-state index contributed by atoms with van der Waals surface area (Å²) in [6.45, 7) is 27.3. The largest absolute Gasteiger partial charge is 0.338 e. The van der Waals surface area contributed by atoms with E-state index in [4.69, 9.17) is 0 Å². The average Bonchev–Trinajstić information content (AvgIpc) is 2.86. The third kappa shape index (κ3) is 8.73. The fourth-order valence-electron chi connectivity index (χ4n) is 6.49. The molecule has 0 unspecified atom stereocenters. The third-order valence-corrected chi connectivity index (χ3v) is 8.46. The molecule has 0 saturated heterocycles. The topological polar surface area (TPSA) is 82.3 Å².